The summed E-state index contributed by atoms with van der Waals surface area (Å²) >= 11 is 0. The highest BCUT2D eigenvalue weighted by Gasteiger charge is 2.20. The molecule has 0 spiro atoms. The van der Waals surface area contributed by atoms with Crippen molar-refractivity contribution in [2.24, 2.45) is 0 Å². The Labute approximate surface area is 106 Å². The molecular weight excluding hydrogens is 228 g/mol. The molecule has 4 nitrogen and oxygen atoms in total. The van der Waals surface area contributed by atoms with E-state index in [0.717, 1.165) is 32.4 Å². The van der Waals surface area contributed by atoms with E-state index in [1.165, 1.54) is 6.08 Å². The van der Waals surface area contributed by atoms with Crippen molar-refractivity contribution < 1.29 is 9.59 Å². The van der Waals surface area contributed by atoms with E-state index >= 15 is 0 Å². The number of aromatic nitrogens is 1. The van der Waals surface area contributed by atoms with Gasteiger partial charge < -0.3 is 4.90 Å². The van der Waals surface area contributed by atoms with Crippen molar-refractivity contribution in [3.63, 3.8) is 0 Å². The summed E-state index contributed by atoms with van der Waals surface area (Å²) in [6.07, 6.45) is 7.99. The second-order valence-electron chi connectivity index (χ2n) is 4.27. The Morgan fingerprint density at radius 1 is 1.28 bits per heavy atom. The molecule has 0 bridgehead atoms. The molecule has 18 heavy (non-hydrogen) atoms. The third-order valence-corrected chi connectivity index (χ3v) is 2.96. The molecule has 4 heteroatoms. The largest absolute Gasteiger partial charge is 0.339 e. The van der Waals surface area contributed by atoms with Crippen molar-refractivity contribution in [2.75, 3.05) is 13.1 Å². The molecule has 1 amide bonds. The zero-order chi connectivity index (χ0) is 12.8. The van der Waals surface area contributed by atoms with Crippen LogP contribution in [0, 0.1) is 0 Å². The van der Waals surface area contributed by atoms with Crippen molar-refractivity contribution in [3.05, 3.63) is 35.7 Å². The Hall–Kier alpha value is -1.97. The summed E-state index contributed by atoms with van der Waals surface area (Å²) in [6, 6.07) is 5.35. The molecular formula is C14H15N2O2. The van der Waals surface area contributed by atoms with Crippen LogP contribution in [-0.2, 0) is 9.59 Å². The summed E-state index contributed by atoms with van der Waals surface area (Å²) in [5.41, 5.74) is 0.650. The smallest absolute Gasteiger partial charge is 0.258 e. The quantitative estimate of drug-likeness (QED) is 0.460. The fraction of sp³-hybridized carbons (Fsp3) is 0.357. The number of rotatable bonds is 3. The van der Waals surface area contributed by atoms with Crippen LogP contribution in [0.1, 0.15) is 25.0 Å². The van der Waals surface area contributed by atoms with Gasteiger partial charge in [0.25, 0.3) is 5.91 Å². The number of carbonyl (C=O) groups is 1. The number of amides is 1. The second-order valence-corrected chi connectivity index (χ2v) is 4.27. The Bertz CT molecular complexity index is 448. The molecule has 2 rings (SSSR count). The molecule has 1 aromatic rings. The molecule has 0 aliphatic carbocycles. The molecule has 0 unspecified atom stereocenters. The number of carbonyl (C=O) groups excluding carboxylic acids is 2. The van der Waals surface area contributed by atoms with E-state index in [4.69, 9.17) is 0 Å². The molecule has 93 valence electrons. The zero-order valence-electron chi connectivity index (χ0n) is 10.1. The lowest BCUT2D eigenvalue weighted by molar-refractivity contribution is -0.127. The molecule has 1 aliphatic rings. The summed E-state index contributed by atoms with van der Waals surface area (Å²) in [6.45, 7) is 1.44. The van der Waals surface area contributed by atoms with Crippen molar-refractivity contribution in [3.8, 4) is 0 Å². The number of nitrogens with zero attached hydrogens (tertiary/aromatic N) is 2. The van der Waals surface area contributed by atoms with Gasteiger partial charge in [-0.25, -0.2) is 0 Å². The predicted octanol–water partition coefficient (Wildman–Crippen LogP) is 1.59. The average Bonchev–Trinajstić information content (AvgIpc) is 2.46. The standard InChI is InChI=1S/C14H15N2O2/c17-11-12(10-13-6-2-3-7-15-13)14(18)16-8-4-1-5-9-16/h2-3,6-7,10H,1,4-5,8-9H2. The molecule has 1 radical (unpaired) electrons. The van der Waals surface area contributed by atoms with E-state index < -0.39 is 0 Å². The third kappa shape index (κ3) is 3.03. The summed E-state index contributed by atoms with van der Waals surface area (Å²) < 4.78 is 0. The minimum absolute atomic E-state index is 0.0515. The van der Waals surface area contributed by atoms with E-state index in [2.05, 4.69) is 4.98 Å². The molecule has 0 atom stereocenters. The molecule has 0 N–H and O–H groups in total. The Morgan fingerprint density at radius 3 is 2.67 bits per heavy atom. The van der Waals surface area contributed by atoms with E-state index in [0.29, 0.717) is 5.69 Å². The predicted molar refractivity (Wildman–Crippen MR) is 68.3 cm³/mol. The van der Waals surface area contributed by atoms with Crippen LogP contribution in [0.2, 0.25) is 0 Å². The van der Waals surface area contributed by atoms with Gasteiger partial charge in [0, 0.05) is 19.3 Å². The first kappa shape index (κ1) is 12.5. The molecule has 1 fully saturated rings. The van der Waals surface area contributed by atoms with E-state index in [1.807, 2.05) is 6.07 Å². The number of hydrogen-bond donors (Lipinski definition) is 0. The number of likely N-dealkylation sites (tertiary alicyclic amines) is 1. The maximum atomic E-state index is 12.1. The van der Waals surface area contributed by atoms with Crippen LogP contribution in [0.4, 0.5) is 0 Å². The highest BCUT2D eigenvalue weighted by atomic mass is 16.2. The molecule has 1 saturated heterocycles. The number of piperidine rings is 1. The zero-order valence-corrected chi connectivity index (χ0v) is 10.1. The average molecular weight is 243 g/mol. The van der Waals surface area contributed by atoms with Crippen molar-refractivity contribution in [2.45, 2.75) is 19.3 Å². The van der Waals surface area contributed by atoms with Crippen LogP contribution in [0.3, 0.4) is 0 Å². The van der Waals surface area contributed by atoms with Gasteiger partial charge in [-0.1, -0.05) is 6.07 Å². The molecule has 2 heterocycles. The van der Waals surface area contributed by atoms with Gasteiger partial charge in [-0.05, 0) is 37.5 Å². The Balaban J connectivity index is 2.15. The van der Waals surface area contributed by atoms with Gasteiger partial charge in [-0.3, -0.25) is 14.6 Å². The maximum absolute atomic E-state index is 12.1. The summed E-state index contributed by atoms with van der Waals surface area (Å²) in [5, 5.41) is 0. The topological polar surface area (TPSA) is 50.3 Å². The SMILES string of the molecule is O=[C]C(=Cc1ccccn1)C(=O)N1CCCCC1. The maximum Gasteiger partial charge on any atom is 0.258 e. The molecule has 0 aromatic carbocycles. The van der Waals surface area contributed by atoms with Crippen molar-refractivity contribution in [1.29, 1.82) is 0 Å². The highest BCUT2D eigenvalue weighted by Crippen LogP contribution is 2.12. The van der Waals surface area contributed by atoms with Crippen molar-refractivity contribution >= 4 is 18.3 Å². The highest BCUT2D eigenvalue weighted by molar-refractivity contribution is 6.14. The number of pyridine rings is 1. The summed E-state index contributed by atoms with van der Waals surface area (Å²) in [5.74, 6) is -0.240. The van der Waals surface area contributed by atoms with Crippen LogP contribution in [-0.4, -0.2) is 35.2 Å². The van der Waals surface area contributed by atoms with Crippen LogP contribution in [0.15, 0.2) is 30.0 Å². The van der Waals surface area contributed by atoms with Gasteiger partial charge >= 0.3 is 0 Å². The monoisotopic (exact) mass is 243 g/mol. The molecule has 1 aliphatic heterocycles. The van der Waals surface area contributed by atoms with E-state index in [-0.39, 0.29) is 11.5 Å². The van der Waals surface area contributed by atoms with Gasteiger partial charge in [-0.2, -0.15) is 0 Å². The van der Waals surface area contributed by atoms with Crippen molar-refractivity contribution in [1.82, 2.24) is 9.88 Å². The summed E-state index contributed by atoms with van der Waals surface area (Å²) in [7, 11) is 0. The minimum atomic E-state index is -0.240. The van der Waals surface area contributed by atoms with Gasteiger partial charge in [-0.15, -0.1) is 0 Å². The first-order valence-corrected chi connectivity index (χ1v) is 6.11. The fourth-order valence-corrected chi connectivity index (χ4v) is 2.01. The van der Waals surface area contributed by atoms with E-state index in [9.17, 15) is 9.59 Å². The second kappa shape index (κ2) is 6.10. The van der Waals surface area contributed by atoms with E-state index in [1.54, 1.807) is 29.5 Å². The van der Waals surface area contributed by atoms with Gasteiger partial charge in [0.05, 0.1) is 11.3 Å². The lowest BCUT2D eigenvalue weighted by Crippen LogP contribution is -2.36. The van der Waals surface area contributed by atoms with Gasteiger partial charge in [0.1, 0.15) is 0 Å². The first-order valence-electron chi connectivity index (χ1n) is 6.11. The van der Waals surface area contributed by atoms with Crippen LogP contribution in [0.5, 0.6) is 0 Å². The minimum Gasteiger partial charge on any atom is -0.339 e. The number of hydrogen-bond acceptors (Lipinski definition) is 3. The lowest BCUT2D eigenvalue weighted by Gasteiger charge is -2.26. The van der Waals surface area contributed by atoms with Crippen LogP contribution in [0.25, 0.3) is 6.08 Å². The third-order valence-electron chi connectivity index (χ3n) is 2.96. The van der Waals surface area contributed by atoms with Gasteiger partial charge in [0.2, 0.25) is 6.29 Å². The molecule has 0 saturated carbocycles. The Kier molecular flexibility index (Phi) is 4.23. The first-order chi connectivity index (χ1) is 8.81. The fourth-order valence-electron chi connectivity index (χ4n) is 2.01. The molecule has 1 aromatic heterocycles. The van der Waals surface area contributed by atoms with Crippen LogP contribution < -0.4 is 0 Å². The summed E-state index contributed by atoms with van der Waals surface area (Å²) in [4.78, 5) is 28.8. The normalized spacial score (nSPS) is 16.4. The van der Waals surface area contributed by atoms with Gasteiger partial charge in [0.15, 0.2) is 0 Å². The van der Waals surface area contributed by atoms with Crippen LogP contribution >= 0.6 is 0 Å². The lowest BCUT2D eigenvalue weighted by atomic mass is 10.1. The Morgan fingerprint density at radius 2 is 2.06 bits per heavy atom.